The van der Waals surface area contributed by atoms with E-state index in [1.54, 1.807) is 0 Å². The lowest BCUT2D eigenvalue weighted by Gasteiger charge is -2.37. The maximum absolute atomic E-state index is 12.1. The first-order valence-electron chi connectivity index (χ1n) is 7.07. The number of nitrogens with zero attached hydrogens (tertiary/aromatic N) is 1. The van der Waals surface area contributed by atoms with Crippen LogP contribution in [-0.2, 0) is 9.53 Å². The fourth-order valence-electron chi connectivity index (χ4n) is 3.03. The number of hydrogen-bond acceptors (Lipinski definition) is 4. The molecule has 1 amide bonds. The molecule has 2 rings (SSSR count). The zero-order valence-corrected chi connectivity index (χ0v) is 11.2. The Morgan fingerprint density at radius 1 is 1.37 bits per heavy atom. The highest BCUT2D eigenvalue weighted by Gasteiger charge is 2.38. The van der Waals surface area contributed by atoms with Gasteiger partial charge in [0.2, 0.25) is 5.91 Å². The molecule has 0 aromatic carbocycles. The highest BCUT2D eigenvalue weighted by atomic mass is 16.5. The lowest BCUT2D eigenvalue weighted by molar-refractivity contribution is -0.124. The Morgan fingerprint density at radius 2 is 2.11 bits per heavy atom. The van der Waals surface area contributed by atoms with Crippen molar-refractivity contribution in [2.75, 3.05) is 6.61 Å². The molecule has 0 aromatic rings. The molecule has 1 aliphatic carbocycles. The summed E-state index contributed by atoms with van der Waals surface area (Å²) in [6.07, 6.45) is 6.90. The van der Waals surface area contributed by atoms with Crippen LogP contribution in [0, 0.1) is 0 Å². The second-order valence-electron chi connectivity index (χ2n) is 5.52. The molecule has 1 saturated carbocycles. The molecule has 0 spiro atoms. The Bertz CT molecular complexity index is 345. The van der Waals surface area contributed by atoms with Crippen LogP contribution in [0.1, 0.15) is 51.4 Å². The van der Waals surface area contributed by atoms with Crippen molar-refractivity contribution in [1.29, 1.82) is 0 Å². The van der Waals surface area contributed by atoms with E-state index in [0.29, 0.717) is 6.42 Å². The molecule has 6 nitrogen and oxygen atoms in total. The predicted molar refractivity (Wildman–Crippen MR) is 71.0 cm³/mol. The Morgan fingerprint density at radius 3 is 2.68 bits per heavy atom. The van der Waals surface area contributed by atoms with Crippen LogP contribution in [0.4, 0.5) is 0 Å². The van der Waals surface area contributed by atoms with Crippen molar-refractivity contribution in [2.24, 2.45) is 10.9 Å². The maximum Gasteiger partial charge on any atom is 0.223 e. The number of rotatable bonds is 4. The van der Waals surface area contributed by atoms with Gasteiger partial charge in [0.25, 0.3) is 0 Å². The molecule has 2 aliphatic rings. The maximum atomic E-state index is 12.1. The van der Waals surface area contributed by atoms with E-state index in [0.717, 1.165) is 51.6 Å². The molecule has 1 atom stereocenters. The molecule has 2 fully saturated rings. The second-order valence-corrected chi connectivity index (χ2v) is 5.52. The van der Waals surface area contributed by atoms with Gasteiger partial charge in [-0.1, -0.05) is 24.4 Å². The third kappa shape index (κ3) is 3.37. The van der Waals surface area contributed by atoms with Crippen molar-refractivity contribution in [2.45, 2.75) is 63.0 Å². The molecule has 1 saturated heterocycles. The molecule has 1 heterocycles. The number of nitrogens with two attached hydrogens (primary N) is 1. The van der Waals surface area contributed by atoms with Gasteiger partial charge >= 0.3 is 0 Å². The van der Waals surface area contributed by atoms with E-state index in [-0.39, 0.29) is 17.8 Å². The minimum absolute atomic E-state index is 0.0212. The normalized spacial score (nSPS) is 27.2. The van der Waals surface area contributed by atoms with Crippen molar-refractivity contribution >= 4 is 11.7 Å². The molecule has 0 aromatic heterocycles. The fraction of sp³-hybridized carbons (Fsp3) is 0.846. The van der Waals surface area contributed by atoms with Crippen LogP contribution >= 0.6 is 0 Å². The monoisotopic (exact) mass is 269 g/mol. The van der Waals surface area contributed by atoms with E-state index in [1.807, 2.05) is 0 Å². The van der Waals surface area contributed by atoms with Crippen LogP contribution in [0.5, 0.6) is 0 Å². The summed E-state index contributed by atoms with van der Waals surface area (Å²) in [4.78, 5) is 12.1. The van der Waals surface area contributed by atoms with Gasteiger partial charge in [-0.25, -0.2) is 0 Å². The van der Waals surface area contributed by atoms with Gasteiger partial charge in [-0.15, -0.1) is 0 Å². The average molecular weight is 269 g/mol. The van der Waals surface area contributed by atoms with Crippen LogP contribution in [0.2, 0.25) is 0 Å². The number of nitrogens with one attached hydrogen (secondary N) is 1. The van der Waals surface area contributed by atoms with Gasteiger partial charge in [0.05, 0.1) is 12.5 Å². The topological polar surface area (TPSA) is 96.9 Å². The molecule has 0 radical (unpaired) electrons. The minimum Gasteiger partial charge on any atom is -0.409 e. The summed E-state index contributed by atoms with van der Waals surface area (Å²) in [6, 6.07) is 0. The van der Waals surface area contributed by atoms with Crippen molar-refractivity contribution < 1.29 is 14.7 Å². The quantitative estimate of drug-likeness (QED) is 0.308. The first-order chi connectivity index (χ1) is 9.16. The van der Waals surface area contributed by atoms with E-state index in [2.05, 4.69) is 10.5 Å². The number of carbonyl (C=O) groups is 1. The summed E-state index contributed by atoms with van der Waals surface area (Å²) in [5.41, 5.74) is 5.13. The van der Waals surface area contributed by atoms with Crippen molar-refractivity contribution in [3.8, 4) is 0 Å². The van der Waals surface area contributed by atoms with Gasteiger partial charge in [0.15, 0.2) is 5.84 Å². The van der Waals surface area contributed by atoms with Crippen molar-refractivity contribution in [3.05, 3.63) is 0 Å². The number of amides is 1. The first kappa shape index (κ1) is 14.1. The minimum atomic E-state index is -0.664. The van der Waals surface area contributed by atoms with Gasteiger partial charge < -0.3 is 21.0 Å². The molecule has 6 heteroatoms. The zero-order valence-electron chi connectivity index (χ0n) is 11.2. The Balaban J connectivity index is 1.97. The number of oxime groups is 1. The van der Waals surface area contributed by atoms with Crippen molar-refractivity contribution in [1.82, 2.24) is 5.32 Å². The zero-order chi connectivity index (χ0) is 13.7. The fourth-order valence-corrected chi connectivity index (χ4v) is 3.03. The summed E-state index contributed by atoms with van der Waals surface area (Å²) in [5, 5.41) is 15.0. The molecule has 4 N–H and O–H groups in total. The van der Waals surface area contributed by atoms with Gasteiger partial charge in [-0.2, -0.15) is 0 Å². The predicted octanol–water partition coefficient (Wildman–Crippen LogP) is 1.12. The molecule has 19 heavy (non-hydrogen) atoms. The summed E-state index contributed by atoms with van der Waals surface area (Å²) in [5.74, 6) is 0.0493. The molecule has 0 bridgehead atoms. The van der Waals surface area contributed by atoms with E-state index >= 15 is 0 Å². The van der Waals surface area contributed by atoms with Gasteiger partial charge in [-0.05, 0) is 25.7 Å². The van der Waals surface area contributed by atoms with Gasteiger partial charge in [0.1, 0.15) is 5.54 Å². The smallest absolute Gasteiger partial charge is 0.223 e. The number of carbonyl (C=O) groups excluding carboxylic acids is 1. The third-order valence-electron chi connectivity index (χ3n) is 4.12. The van der Waals surface area contributed by atoms with E-state index in [1.165, 1.54) is 0 Å². The number of amidine groups is 1. The number of ether oxygens (including phenoxy) is 1. The van der Waals surface area contributed by atoms with Crippen LogP contribution in [-0.4, -0.2) is 35.2 Å². The molecular weight excluding hydrogens is 246 g/mol. The van der Waals surface area contributed by atoms with E-state index < -0.39 is 5.54 Å². The van der Waals surface area contributed by atoms with E-state index in [9.17, 15) is 4.79 Å². The lowest BCUT2D eigenvalue weighted by Crippen LogP contribution is -2.58. The lowest BCUT2D eigenvalue weighted by atomic mass is 9.80. The summed E-state index contributed by atoms with van der Waals surface area (Å²) in [7, 11) is 0. The number of hydrogen-bond donors (Lipinski definition) is 3. The molecule has 1 aliphatic heterocycles. The van der Waals surface area contributed by atoms with Gasteiger partial charge in [0, 0.05) is 6.61 Å². The van der Waals surface area contributed by atoms with Crippen molar-refractivity contribution in [3.63, 3.8) is 0 Å². The Hall–Kier alpha value is -1.30. The first-order valence-corrected chi connectivity index (χ1v) is 7.07. The van der Waals surface area contributed by atoms with Crippen LogP contribution in [0.3, 0.4) is 0 Å². The van der Waals surface area contributed by atoms with E-state index in [4.69, 9.17) is 15.7 Å². The molecule has 1 unspecified atom stereocenters. The van der Waals surface area contributed by atoms with Crippen LogP contribution in [0.15, 0.2) is 5.16 Å². The average Bonchev–Trinajstić information content (AvgIpc) is 2.91. The molecular formula is C13H23N3O3. The third-order valence-corrected chi connectivity index (χ3v) is 4.12. The Labute approximate surface area is 113 Å². The van der Waals surface area contributed by atoms with Crippen LogP contribution < -0.4 is 11.1 Å². The standard InChI is InChI=1S/C13H23N3O3/c14-12(16-18)13(6-2-1-3-7-13)15-11(17)9-10-5-4-8-19-10/h10,18H,1-9H2,(H2,14,16)(H,15,17). The summed E-state index contributed by atoms with van der Waals surface area (Å²) >= 11 is 0. The van der Waals surface area contributed by atoms with Gasteiger partial charge in [-0.3, -0.25) is 4.79 Å². The summed E-state index contributed by atoms with van der Waals surface area (Å²) < 4.78 is 5.46. The Kier molecular flexibility index (Phi) is 4.63. The van der Waals surface area contributed by atoms with Crippen LogP contribution in [0.25, 0.3) is 0 Å². The highest BCUT2D eigenvalue weighted by Crippen LogP contribution is 2.29. The highest BCUT2D eigenvalue weighted by molar-refractivity contribution is 5.94. The molecule has 108 valence electrons. The SMILES string of the molecule is NC(=NO)C1(NC(=O)CC2CCCO2)CCCCC1. The second kappa shape index (κ2) is 6.23. The summed E-state index contributed by atoms with van der Waals surface area (Å²) in [6.45, 7) is 0.739. The largest absolute Gasteiger partial charge is 0.409 e.